The summed E-state index contributed by atoms with van der Waals surface area (Å²) in [6.45, 7) is 2.03. The van der Waals surface area contributed by atoms with Crippen molar-refractivity contribution in [2.75, 3.05) is 5.01 Å². The zero-order chi connectivity index (χ0) is 14.8. The van der Waals surface area contributed by atoms with Crippen LogP contribution in [0.5, 0.6) is 0 Å². The van der Waals surface area contributed by atoms with Gasteiger partial charge in [0.1, 0.15) is 5.71 Å². The van der Waals surface area contributed by atoms with Gasteiger partial charge in [0.2, 0.25) is 5.91 Å². The molecule has 21 heavy (non-hydrogen) atoms. The average Bonchev–Trinajstić information content (AvgIpc) is 3.33. The molecular weight excluding hydrogens is 266 g/mol. The van der Waals surface area contributed by atoms with Gasteiger partial charge in [0.25, 0.3) is 5.91 Å². The predicted octanol–water partition coefficient (Wildman–Crippen LogP) is 2.08. The summed E-state index contributed by atoms with van der Waals surface area (Å²) < 4.78 is 0. The molecule has 1 heterocycles. The molecule has 5 heteroatoms. The van der Waals surface area contributed by atoms with Crippen LogP contribution in [0.2, 0.25) is 0 Å². The van der Waals surface area contributed by atoms with Crippen molar-refractivity contribution in [2.24, 2.45) is 11.0 Å². The van der Waals surface area contributed by atoms with E-state index in [0.29, 0.717) is 30.2 Å². The Labute approximate surface area is 124 Å². The largest absolute Gasteiger partial charge is 0.348 e. The lowest BCUT2D eigenvalue weighted by Gasteiger charge is -2.23. The van der Waals surface area contributed by atoms with Gasteiger partial charge in [0, 0.05) is 18.9 Å². The van der Waals surface area contributed by atoms with Crippen molar-refractivity contribution in [1.29, 1.82) is 0 Å². The first kappa shape index (κ1) is 13.8. The van der Waals surface area contributed by atoms with Gasteiger partial charge in [-0.05, 0) is 37.8 Å². The summed E-state index contributed by atoms with van der Waals surface area (Å²) in [4.78, 5) is 24.2. The number of hydrazone groups is 1. The minimum atomic E-state index is -0.150. The maximum absolute atomic E-state index is 12.2. The molecule has 1 aliphatic carbocycles. The van der Waals surface area contributed by atoms with Crippen molar-refractivity contribution in [3.05, 3.63) is 30.3 Å². The topological polar surface area (TPSA) is 61.8 Å². The van der Waals surface area contributed by atoms with E-state index in [1.165, 1.54) is 17.9 Å². The van der Waals surface area contributed by atoms with Crippen LogP contribution >= 0.6 is 0 Å². The number of carbonyl (C=O) groups excluding carboxylic acids is 2. The molecular formula is C16H19N3O2. The lowest BCUT2D eigenvalue weighted by molar-refractivity contribution is -0.119. The minimum Gasteiger partial charge on any atom is -0.348 e. The molecule has 1 N–H and O–H groups in total. The number of para-hydroxylation sites is 1. The van der Waals surface area contributed by atoms with E-state index in [0.717, 1.165) is 0 Å². The average molecular weight is 285 g/mol. The van der Waals surface area contributed by atoms with Crippen LogP contribution < -0.4 is 10.3 Å². The molecule has 2 amide bonds. The molecule has 1 aromatic carbocycles. The van der Waals surface area contributed by atoms with Gasteiger partial charge in [0.15, 0.2) is 0 Å². The first-order valence-electron chi connectivity index (χ1n) is 7.41. The van der Waals surface area contributed by atoms with Gasteiger partial charge in [-0.1, -0.05) is 18.2 Å². The fraction of sp³-hybridized carbons (Fsp3) is 0.438. The number of nitrogens with one attached hydrogen (secondary N) is 1. The smallest absolute Gasteiger partial charge is 0.267 e. The number of amides is 2. The molecule has 1 atom stereocenters. The summed E-state index contributed by atoms with van der Waals surface area (Å²) in [6.07, 6.45) is 3.09. The van der Waals surface area contributed by atoms with E-state index in [4.69, 9.17) is 0 Å². The van der Waals surface area contributed by atoms with Crippen LogP contribution in [0.4, 0.5) is 5.69 Å². The highest BCUT2D eigenvalue weighted by Gasteiger charge is 2.31. The second-order valence-electron chi connectivity index (χ2n) is 5.69. The van der Waals surface area contributed by atoms with Crippen molar-refractivity contribution >= 4 is 23.2 Å². The molecule has 0 radical (unpaired) electrons. The molecule has 1 saturated carbocycles. The van der Waals surface area contributed by atoms with Crippen molar-refractivity contribution < 1.29 is 9.59 Å². The van der Waals surface area contributed by atoms with Crippen LogP contribution in [0, 0.1) is 5.92 Å². The summed E-state index contributed by atoms with van der Waals surface area (Å²) >= 11 is 0. The van der Waals surface area contributed by atoms with Crippen molar-refractivity contribution in [1.82, 2.24) is 5.32 Å². The highest BCUT2D eigenvalue weighted by molar-refractivity contribution is 6.40. The molecule has 110 valence electrons. The molecule has 0 unspecified atom stereocenters. The normalized spacial score (nSPS) is 20.0. The third-order valence-electron chi connectivity index (χ3n) is 3.98. The highest BCUT2D eigenvalue weighted by Crippen LogP contribution is 2.32. The quantitative estimate of drug-likeness (QED) is 0.920. The van der Waals surface area contributed by atoms with E-state index < -0.39 is 0 Å². The molecule has 1 aromatic rings. The molecule has 0 bridgehead atoms. The fourth-order valence-corrected chi connectivity index (χ4v) is 2.49. The maximum atomic E-state index is 12.2. The van der Waals surface area contributed by atoms with Crippen LogP contribution in [-0.2, 0) is 9.59 Å². The van der Waals surface area contributed by atoms with E-state index in [1.807, 2.05) is 37.3 Å². The molecule has 1 aliphatic heterocycles. The summed E-state index contributed by atoms with van der Waals surface area (Å²) in [5.74, 6) is 0.376. The third kappa shape index (κ3) is 3.12. The first-order chi connectivity index (χ1) is 10.1. The maximum Gasteiger partial charge on any atom is 0.267 e. The second-order valence-corrected chi connectivity index (χ2v) is 5.69. The minimum absolute atomic E-state index is 0.0759. The Morgan fingerprint density at radius 2 is 2.00 bits per heavy atom. The molecule has 0 aromatic heterocycles. The number of hydrogen-bond donors (Lipinski definition) is 1. The molecule has 3 rings (SSSR count). The predicted molar refractivity (Wildman–Crippen MR) is 80.9 cm³/mol. The second kappa shape index (κ2) is 5.68. The van der Waals surface area contributed by atoms with Crippen molar-refractivity contribution in [3.63, 3.8) is 0 Å². The van der Waals surface area contributed by atoms with Gasteiger partial charge in [-0.15, -0.1) is 0 Å². The molecule has 2 aliphatic rings. The van der Waals surface area contributed by atoms with Gasteiger partial charge in [-0.3, -0.25) is 9.59 Å². The molecule has 0 saturated heterocycles. The van der Waals surface area contributed by atoms with Gasteiger partial charge < -0.3 is 5.32 Å². The lowest BCUT2D eigenvalue weighted by Crippen LogP contribution is -2.42. The van der Waals surface area contributed by atoms with Gasteiger partial charge in [-0.2, -0.15) is 5.10 Å². The standard InChI is InChI=1S/C16H19N3O2/c1-11(12-7-8-12)17-16(21)14-9-10-15(20)19(18-14)13-5-3-2-4-6-13/h2-6,11-12H,7-10H2,1H3,(H,17,21)/t11-/m1/s1. The Kier molecular flexibility index (Phi) is 3.73. The zero-order valence-electron chi connectivity index (χ0n) is 12.1. The zero-order valence-corrected chi connectivity index (χ0v) is 12.1. The number of carbonyl (C=O) groups is 2. The Balaban J connectivity index is 1.75. The number of anilines is 1. The fourth-order valence-electron chi connectivity index (χ4n) is 2.49. The van der Waals surface area contributed by atoms with Crippen LogP contribution in [0.15, 0.2) is 35.4 Å². The van der Waals surface area contributed by atoms with Crippen LogP contribution in [0.25, 0.3) is 0 Å². The van der Waals surface area contributed by atoms with Crippen LogP contribution in [0.3, 0.4) is 0 Å². The first-order valence-corrected chi connectivity index (χ1v) is 7.41. The highest BCUT2D eigenvalue weighted by atomic mass is 16.2. The van der Waals surface area contributed by atoms with Gasteiger partial charge in [0.05, 0.1) is 5.69 Å². The number of hydrogen-bond acceptors (Lipinski definition) is 3. The van der Waals surface area contributed by atoms with E-state index in [9.17, 15) is 9.59 Å². The van der Waals surface area contributed by atoms with E-state index in [1.54, 1.807) is 0 Å². The lowest BCUT2D eigenvalue weighted by atomic mass is 10.1. The summed E-state index contributed by atoms with van der Waals surface area (Å²) in [5, 5.41) is 8.58. The summed E-state index contributed by atoms with van der Waals surface area (Å²) in [5.41, 5.74) is 1.13. The van der Waals surface area contributed by atoms with Gasteiger partial charge in [-0.25, -0.2) is 5.01 Å². The number of nitrogens with zero attached hydrogens (tertiary/aromatic N) is 2. The molecule has 0 spiro atoms. The summed E-state index contributed by atoms with van der Waals surface area (Å²) in [7, 11) is 0. The van der Waals surface area contributed by atoms with Gasteiger partial charge >= 0.3 is 0 Å². The Hall–Kier alpha value is -2.17. The molecule has 5 nitrogen and oxygen atoms in total. The van der Waals surface area contributed by atoms with Crippen LogP contribution in [0.1, 0.15) is 32.6 Å². The van der Waals surface area contributed by atoms with Crippen LogP contribution in [-0.4, -0.2) is 23.6 Å². The Morgan fingerprint density at radius 1 is 1.29 bits per heavy atom. The van der Waals surface area contributed by atoms with E-state index in [-0.39, 0.29) is 17.9 Å². The van der Waals surface area contributed by atoms with Crippen molar-refractivity contribution in [2.45, 2.75) is 38.6 Å². The number of rotatable bonds is 4. The van der Waals surface area contributed by atoms with E-state index >= 15 is 0 Å². The van der Waals surface area contributed by atoms with Crippen molar-refractivity contribution in [3.8, 4) is 0 Å². The number of benzene rings is 1. The SMILES string of the molecule is C[C@@H](NC(=O)C1=NN(c2ccccc2)C(=O)CC1)C1CC1. The van der Waals surface area contributed by atoms with E-state index in [2.05, 4.69) is 10.4 Å². The Bertz CT molecular complexity index is 578. The molecule has 1 fully saturated rings. The Morgan fingerprint density at radius 3 is 2.67 bits per heavy atom. The summed E-state index contributed by atoms with van der Waals surface area (Å²) in [6, 6.07) is 9.39. The monoisotopic (exact) mass is 285 g/mol. The third-order valence-corrected chi connectivity index (χ3v) is 3.98.